The summed E-state index contributed by atoms with van der Waals surface area (Å²) in [5.74, 6) is 2.48. The molecular weight excluding hydrogens is 180 g/mol. The highest BCUT2D eigenvalue weighted by atomic mass is 32.2. The maximum absolute atomic E-state index is 5.19. The Bertz CT molecular complexity index is 316. The Morgan fingerprint density at radius 1 is 1.31 bits per heavy atom. The molecule has 1 rings (SSSR count). The van der Waals surface area contributed by atoms with Crippen molar-refractivity contribution >= 4 is 11.8 Å². The molecule has 0 N–H and O–H groups in total. The van der Waals surface area contributed by atoms with Gasteiger partial charge in [-0.25, -0.2) is 9.97 Å². The van der Waals surface area contributed by atoms with E-state index in [0.717, 1.165) is 10.7 Å². The van der Waals surface area contributed by atoms with Crippen molar-refractivity contribution in [1.29, 1.82) is 0 Å². The monoisotopic (exact) mass is 192 g/mol. The third-order valence-corrected chi connectivity index (χ3v) is 2.20. The topological polar surface area (TPSA) is 25.8 Å². The molecule has 0 radical (unpaired) electrons. The molecule has 0 aliphatic heterocycles. The predicted molar refractivity (Wildman–Crippen MR) is 55.6 cm³/mol. The van der Waals surface area contributed by atoms with Crippen LogP contribution in [0.3, 0.4) is 0 Å². The second kappa shape index (κ2) is 3.80. The zero-order chi connectivity index (χ0) is 9.90. The third-order valence-electron chi connectivity index (χ3n) is 1.19. The van der Waals surface area contributed by atoms with Gasteiger partial charge in [0, 0.05) is 17.1 Å². The van der Waals surface area contributed by atoms with Crippen molar-refractivity contribution in [3.8, 4) is 12.3 Å². The Morgan fingerprint density at radius 3 is 2.23 bits per heavy atom. The van der Waals surface area contributed by atoms with Crippen LogP contribution in [0.15, 0.2) is 17.6 Å². The van der Waals surface area contributed by atoms with Crippen molar-refractivity contribution in [2.75, 3.05) is 0 Å². The first-order chi connectivity index (χ1) is 6.01. The molecule has 1 aromatic heterocycles. The lowest BCUT2D eigenvalue weighted by atomic mass is 10.3. The summed E-state index contributed by atoms with van der Waals surface area (Å²) in [6.45, 7) is 6.36. The van der Waals surface area contributed by atoms with E-state index in [1.165, 1.54) is 0 Å². The van der Waals surface area contributed by atoms with Crippen LogP contribution in [-0.4, -0.2) is 14.7 Å². The molecule has 0 saturated heterocycles. The molecule has 1 aromatic rings. The van der Waals surface area contributed by atoms with E-state index >= 15 is 0 Å². The molecule has 2 nitrogen and oxygen atoms in total. The fourth-order valence-electron chi connectivity index (χ4n) is 0.717. The van der Waals surface area contributed by atoms with Gasteiger partial charge < -0.3 is 0 Å². The van der Waals surface area contributed by atoms with Crippen LogP contribution >= 0.6 is 11.8 Å². The average molecular weight is 192 g/mol. The van der Waals surface area contributed by atoms with Crippen LogP contribution in [-0.2, 0) is 0 Å². The van der Waals surface area contributed by atoms with Crippen LogP contribution in [0.1, 0.15) is 26.3 Å². The van der Waals surface area contributed by atoms with Gasteiger partial charge in [0.1, 0.15) is 0 Å². The largest absolute Gasteiger partial charge is 0.230 e. The van der Waals surface area contributed by atoms with E-state index in [9.17, 15) is 0 Å². The first kappa shape index (κ1) is 10.1. The summed E-state index contributed by atoms with van der Waals surface area (Å²) in [7, 11) is 0. The quantitative estimate of drug-likeness (QED) is 0.388. The molecule has 0 bridgehead atoms. The lowest BCUT2D eigenvalue weighted by Crippen LogP contribution is -2.08. The summed E-state index contributed by atoms with van der Waals surface area (Å²) < 4.78 is 0.137. The van der Waals surface area contributed by atoms with Gasteiger partial charge in [-0.2, -0.15) is 0 Å². The van der Waals surface area contributed by atoms with E-state index in [0.29, 0.717) is 0 Å². The summed E-state index contributed by atoms with van der Waals surface area (Å²) >= 11 is 1.63. The zero-order valence-electron chi connectivity index (χ0n) is 8.03. The van der Waals surface area contributed by atoms with E-state index in [-0.39, 0.29) is 4.75 Å². The van der Waals surface area contributed by atoms with Crippen molar-refractivity contribution in [2.24, 2.45) is 0 Å². The van der Waals surface area contributed by atoms with Crippen LogP contribution in [0.2, 0.25) is 0 Å². The molecule has 0 unspecified atom stereocenters. The Labute approximate surface area is 83.2 Å². The van der Waals surface area contributed by atoms with Gasteiger partial charge in [0.05, 0.1) is 5.56 Å². The number of hydrogen-bond donors (Lipinski definition) is 0. The smallest absolute Gasteiger partial charge is 0.188 e. The lowest BCUT2D eigenvalue weighted by Gasteiger charge is -2.15. The molecule has 0 amide bonds. The van der Waals surface area contributed by atoms with E-state index in [2.05, 4.69) is 36.7 Å². The second-order valence-electron chi connectivity index (χ2n) is 3.61. The molecule has 0 spiro atoms. The summed E-state index contributed by atoms with van der Waals surface area (Å²) in [4.78, 5) is 8.29. The van der Waals surface area contributed by atoms with Gasteiger partial charge in [0.15, 0.2) is 5.16 Å². The van der Waals surface area contributed by atoms with Gasteiger partial charge in [-0.3, -0.25) is 0 Å². The summed E-state index contributed by atoms with van der Waals surface area (Å²) in [5, 5.41) is 0.770. The molecule has 0 aromatic carbocycles. The van der Waals surface area contributed by atoms with Crippen molar-refractivity contribution in [2.45, 2.75) is 30.7 Å². The standard InChI is InChI=1S/C10H12N2S/c1-5-8-6-11-9(12-7-8)13-10(2,3)4/h1,6-7H,2-4H3. The van der Waals surface area contributed by atoms with Crippen LogP contribution in [0.4, 0.5) is 0 Å². The van der Waals surface area contributed by atoms with Crippen molar-refractivity contribution in [3.63, 3.8) is 0 Å². The molecule has 0 aliphatic carbocycles. The molecule has 13 heavy (non-hydrogen) atoms. The fraction of sp³-hybridized carbons (Fsp3) is 0.400. The maximum Gasteiger partial charge on any atom is 0.188 e. The highest BCUT2D eigenvalue weighted by Crippen LogP contribution is 2.28. The number of aromatic nitrogens is 2. The summed E-state index contributed by atoms with van der Waals surface area (Å²) in [5.41, 5.74) is 0.721. The van der Waals surface area contributed by atoms with Gasteiger partial charge in [0.25, 0.3) is 0 Å². The van der Waals surface area contributed by atoms with Crippen molar-refractivity contribution < 1.29 is 0 Å². The third kappa shape index (κ3) is 3.47. The SMILES string of the molecule is C#Cc1cnc(SC(C)(C)C)nc1. The van der Waals surface area contributed by atoms with Crippen LogP contribution < -0.4 is 0 Å². The summed E-state index contributed by atoms with van der Waals surface area (Å²) in [6.07, 6.45) is 8.53. The van der Waals surface area contributed by atoms with Gasteiger partial charge in [-0.1, -0.05) is 38.5 Å². The first-order valence-electron chi connectivity index (χ1n) is 3.99. The minimum Gasteiger partial charge on any atom is -0.230 e. The van der Waals surface area contributed by atoms with Gasteiger partial charge >= 0.3 is 0 Å². The number of rotatable bonds is 1. The number of thioether (sulfide) groups is 1. The normalized spacial score (nSPS) is 10.9. The minimum absolute atomic E-state index is 0.137. The highest BCUT2D eigenvalue weighted by molar-refractivity contribution is 8.00. The Morgan fingerprint density at radius 2 is 1.85 bits per heavy atom. The number of terminal acetylenes is 1. The van der Waals surface area contributed by atoms with E-state index < -0.39 is 0 Å². The molecule has 0 fully saturated rings. The Balaban J connectivity index is 2.77. The van der Waals surface area contributed by atoms with Crippen LogP contribution in [0.25, 0.3) is 0 Å². The zero-order valence-corrected chi connectivity index (χ0v) is 8.85. The fourth-order valence-corrected chi connectivity index (χ4v) is 1.48. The molecule has 1 heterocycles. The maximum atomic E-state index is 5.19. The van der Waals surface area contributed by atoms with Crippen molar-refractivity contribution in [1.82, 2.24) is 9.97 Å². The average Bonchev–Trinajstić information content (AvgIpc) is 2.03. The Kier molecular flexibility index (Phi) is 2.94. The van der Waals surface area contributed by atoms with Crippen LogP contribution in [0.5, 0.6) is 0 Å². The molecule has 0 atom stereocenters. The lowest BCUT2D eigenvalue weighted by molar-refractivity contribution is 0.791. The first-order valence-corrected chi connectivity index (χ1v) is 4.80. The minimum atomic E-state index is 0.137. The molecule has 3 heteroatoms. The summed E-state index contributed by atoms with van der Waals surface area (Å²) in [6, 6.07) is 0. The van der Waals surface area contributed by atoms with Crippen molar-refractivity contribution in [3.05, 3.63) is 18.0 Å². The van der Waals surface area contributed by atoms with E-state index in [1.54, 1.807) is 24.2 Å². The molecular formula is C10H12N2S. The van der Waals surface area contributed by atoms with E-state index in [4.69, 9.17) is 6.42 Å². The van der Waals surface area contributed by atoms with Gasteiger partial charge in [-0.05, 0) is 0 Å². The van der Waals surface area contributed by atoms with E-state index in [1.807, 2.05) is 0 Å². The molecule has 0 saturated carbocycles. The second-order valence-corrected chi connectivity index (χ2v) is 5.41. The molecule has 0 aliphatic rings. The van der Waals surface area contributed by atoms with Gasteiger partial charge in [0.2, 0.25) is 0 Å². The number of hydrogen-bond acceptors (Lipinski definition) is 3. The van der Waals surface area contributed by atoms with Gasteiger partial charge in [-0.15, -0.1) is 6.42 Å². The van der Waals surface area contributed by atoms with Crippen LogP contribution in [0, 0.1) is 12.3 Å². The Hall–Kier alpha value is -1.01. The highest BCUT2D eigenvalue weighted by Gasteiger charge is 2.13. The molecule has 68 valence electrons. The number of nitrogens with zero attached hydrogens (tertiary/aromatic N) is 2. The predicted octanol–water partition coefficient (Wildman–Crippen LogP) is 2.35.